The van der Waals surface area contributed by atoms with Crippen molar-refractivity contribution in [3.05, 3.63) is 46.6 Å². The van der Waals surface area contributed by atoms with Gasteiger partial charge in [0.15, 0.2) is 0 Å². The second-order valence-electron chi connectivity index (χ2n) is 13.5. The molecule has 0 aromatic carbocycles. The van der Waals surface area contributed by atoms with Gasteiger partial charge in [0.25, 0.3) is 0 Å². The third kappa shape index (κ3) is 26.6. The lowest BCUT2D eigenvalue weighted by atomic mass is 9.91. The van der Waals surface area contributed by atoms with Crippen molar-refractivity contribution >= 4 is 5.78 Å². The summed E-state index contributed by atoms with van der Waals surface area (Å²) in [6, 6.07) is 0. The van der Waals surface area contributed by atoms with E-state index >= 15 is 0 Å². The Kier molecular flexibility index (Phi) is 23.6. The molecule has 0 saturated heterocycles. The Hall–Kier alpha value is -1.37. The van der Waals surface area contributed by atoms with Crippen molar-refractivity contribution in [2.24, 2.45) is 17.8 Å². The van der Waals surface area contributed by atoms with Crippen LogP contribution in [0.15, 0.2) is 46.6 Å². The van der Waals surface area contributed by atoms with Crippen molar-refractivity contribution in [2.45, 2.75) is 171 Å². The van der Waals surface area contributed by atoms with E-state index in [1.165, 1.54) is 80.1 Å². The van der Waals surface area contributed by atoms with Gasteiger partial charge in [0.2, 0.25) is 0 Å². The number of rotatable bonds is 24. The maximum atomic E-state index is 12.3. The molecule has 0 N–H and O–H groups in total. The van der Waals surface area contributed by atoms with Gasteiger partial charge in [-0.15, -0.1) is 0 Å². The summed E-state index contributed by atoms with van der Waals surface area (Å²) in [4.78, 5) is 12.3. The van der Waals surface area contributed by atoms with Crippen LogP contribution >= 0.6 is 0 Å². The molecule has 0 radical (unpaired) electrons. The zero-order valence-electron chi connectivity index (χ0n) is 28.0. The van der Waals surface area contributed by atoms with Gasteiger partial charge in [-0.2, -0.15) is 0 Å². The average Bonchev–Trinajstić information content (AvgIpc) is 2.83. The molecule has 0 aromatic rings. The van der Waals surface area contributed by atoms with E-state index in [4.69, 9.17) is 0 Å². The molecule has 0 fully saturated rings. The summed E-state index contributed by atoms with van der Waals surface area (Å²) in [5, 5.41) is 0. The first-order valence-electron chi connectivity index (χ1n) is 16.6. The first kappa shape index (κ1) is 37.6. The smallest absolute Gasteiger partial charge is 0.133 e. The second kappa shape index (κ2) is 24.4. The number of carbonyl (C=O) groups excluding carboxylic acids is 1. The zero-order chi connectivity index (χ0) is 29.5. The fourth-order valence-electron chi connectivity index (χ4n) is 5.23. The van der Waals surface area contributed by atoms with Gasteiger partial charge in [0, 0.05) is 12.8 Å². The average molecular weight is 541 g/mol. The van der Waals surface area contributed by atoms with Gasteiger partial charge in [-0.25, -0.2) is 0 Å². The Morgan fingerprint density at radius 2 is 0.872 bits per heavy atom. The summed E-state index contributed by atoms with van der Waals surface area (Å²) in [6.45, 7) is 20.6. The summed E-state index contributed by atoms with van der Waals surface area (Å²) in [5.41, 5.74) is 5.77. The SMILES string of the molecule is CC(C)=CCC/C(C)=C/CC/C(C)=C/CCC(=O)CC/C=C(\C)CCCC(C)CCCC(C)CCCC(C)C. The van der Waals surface area contributed by atoms with Crippen LogP contribution in [0.4, 0.5) is 0 Å². The van der Waals surface area contributed by atoms with Crippen LogP contribution < -0.4 is 0 Å². The van der Waals surface area contributed by atoms with Crippen LogP contribution in [0.2, 0.25) is 0 Å². The molecule has 1 nitrogen and oxygen atoms in total. The lowest BCUT2D eigenvalue weighted by Gasteiger charge is -2.15. The van der Waals surface area contributed by atoms with Crippen molar-refractivity contribution in [1.82, 2.24) is 0 Å². The minimum Gasteiger partial charge on any atom is -0.300 e. The Balaban J connectivity index is 3.92. The highest BCUT2D eigenvalue weighted by atomic mass is 16.1. The summed E-state index contributed by atoms with van der Waals surface area (Å²) in [6.07, 6.45) is 29.2. The quantitative estimate of drug-likeness (QED) is 0.111. The first-order valence-corrected chi connectivity index (χ1v) is 16.6. The van der Waals surface area contributed by atoms with Crippen LogP contribution in [0.25, 0.3) is 0 Å². The Labute approximate surface area is 246 Å². The number of Topliss-reactive ketones (excluding diaryl/α,β-unsaturated/α-hetero) is 1. The van der Waals surface area contributed by atoms with Crippen molar-refractivity contribution in [3.8, 4) is 0 Å². The third-order valence-corrected chi connectivity index (χ3v) is 8.09. The topological polar surface area (TPSA) is 17.1 Å². The number of ketones is 1. The van der Waals surface area contributed by atoms with E-state index in [0.29, 0.717) is 18.6 Å². The molecule has 0 aliphatic carbocycles. The molecular formula is C38H68O. The Morgan fingerprint density at radius 3 is 1.33 bits per heavy atom. The summed E-state index contributed by atoms with van der Waals surface area (Å²) in [5.74, 6) is 2.99. The number of hydrogen-bond acceptors (Lipinski definition) is 1. The van der Waals surface area contributed by atoms with Gasteiger partial charge in [0.05, 0.1) is 0 Å². The maximum Gasteiger partial charge on any atom is 0.133 e. The molecule has 226 valence electrons. The van der Waals surface area contributed by atoms with E-state index in [-0.39, 0.29) is 0 Å². The fraction of sp³-hybridized carbons (Fsp3) is 0.763. The van der Waals surface area contributed by atoms with Crippen molar-refractivity contribution < 1.29 is 4.79 Å². The van der Waals surface area contributed by atoms with Crippen molar-refractivity contribution in [2.75, 3.05) is 0 Å². The highest BCUT2D eigenvalue weighted by Crippen LogP contribution is 2.22. The molecule has 0 aliphatic heterocycles. The monoisotopic (exact) mass is 541 g/mol. The molecule has 0 aromatic heterocycles. The molecule has 0 heterocycles. The van der Waals surface area contributed by atoms with E-state index < -0.39 is 0 Å². The van der Waals surface area contributed by atoms with Crippen LogP contribution in [0.1, 0.15) is 171 Å². The van der Waals surface area contributed by atoms with Crippen molar-refractivity contribution in [1.29, 1.82) is 0 Å². The van der Waals surface area contributed by atoms with Crippen LogP contribution in [-0.2, 0) is 4.79 Å². The molecule has 2 atom stereocenters. The molecular weight excluding hydrogens is 472 g/mol. The van der Waals surface area contributed by atoms with Gasteiger partial charge in [0.1, 0.15) is 5.78 Å². The van der Waals surface area contributed by atoms with E-state index in [9.17, 15) is 4.79 Å². The fourth-order valence-corrected chi connectivity index (χ4v) is 5.23. The minimum absolute atomic E-state index is 0.408. The molecule has 0 rings (SSSR count). The number of allylic oxidation sites excluding steroid dienone is 8. The lowest BCUT2D eigenvalue weighted by Crippen LogP contribution is -2.00. The summed E-state index contributed by atoms with van der Waals surface area (Å²) >= 11 is 0. The van der Waals surface area contributed by atoms with Gasteiger partial charge < -0.3 is 0 Å². The van der Waals surface area contributed by atoms with Crippen LogP contribution in [0.3, 0.4) is 0 Å². The van der Waals surface area contributed by atoms with Gasteiger partial charge in [-0.05, 0) is 104 Å². The molecule has 1 heteroatoms. The maximum absolute atomic E-state index is 12.3. The van der Waals surface area contributed by atoms with E-state index in [2.05, 4.69) is 86.6 Å². The largest absolute Gasteiger partial charge is 0.300 e. The van der Waals surface area contributed by atoms with Crippen LogP contribution in [0, 0.1) is 17.8 Å². The van der Waals surface area contributed by atoms with Gasteiger partial charge in [-0.1, -0.05) is 119 Å². The second-order valence-corrected chi connectivity index (χ2v) is 13.5. The van der Waals surface area contributed by atoms with Crippen LogP contribution in [0.5, 0.6) is 0 Å². The highest BCUT2D eigenvalue weighted by Gasteiger charge is 2.07. The van der Waals surface area contributed by atoms with E-state index in [1.807, 2.05) is 0 Å². The summed E-state index contributed by atoms with van der Waals surface area (Å²) < 4.78 is 0. The molecule has 39 heavy (non-hydrogen) atoms. The molecule has 2 unspecified atom stereocenters. The normalized spacial score (nSPS) is 14.6. The number of hydrogen-bond donors (Lipinski definition) is 0. The molecule has 0 saturated carbocycles. The molecule has 0 amide bonds. The minimum atomic E-state index is 0.408. The Morgan fingerprint density at radius 1 is 0.487 bits per heavy atom. The van der Waals surface area contributed by atoms with E-state index in [0.717, 1.165) is 56.3 Å². The van der Waals surface area contributed by atoms with Crippen molar-refractivity contribution in [3.63, 3.8) is 0 Å². The third-order valence-electron chi connectivity index (χ3n) is 8.09. The zero-order valence-corrected chi connectivity index (χ0v) is 28.0. The molecule has 0 aliphatic rings. The summed E-state index contributed by atoms with van der Waals surface area (Å²) in [7, 11) is 0. The van der Waals surface area contributed by atoms with E-state index in [1.54, 1.807) is 0 Å². The standard InChI is InChI=1S/C38H68O/c1-31(2)17-10-19-33(5)21-12-23-35(7)24-14-26-37(9)28-16-30-38(39)29-15-27-36(8)25-13-22-34(6)20-11-18-32(3)4/h18,22,27-28,31,33,35H,10-17,19-21,23-26,29-30H2,1-9H3/b34-22+,36-27+,37-28+. The number of carbonyl (C=O) groups is 1. The highest BCUT2D eigenvalue weighted by molar-refractivity contribution is 5.78. The van der Waals surface area contributed by atoms with Gasteiger partial charge in [-0.3, -0.25) is 4.79 Å². The predicted molar refractivity (Wildman–Crippen MR) is 177 cm³/mol. The van der Waals surface area contributed by atoms with Crippen LogP contribution in [-0.4, -0.2) is 5.78 Å². The molecule has 0 bridgehead atoms. The molecule has 0 spiro atoms. The predicted octanol–water partition coefficient (Wildman–Crippen LogP) is 12.9. The van der Waals surface area contributed by atoms with Gasteiger partial charge >= 0.3 is 0 Å². The Bertz CT molecular complexity index is 741. The lowest BCUT2D eigenvalue weighted by molar-refractivity contribution is -0.118. The first-order chi connectivity index (χ1) is 18.5.